The van der Waals surface area contributed by atoms with Crippen LogP contribution in [0.4, 0.5) is 0 Å². The van der Waals surface area contributed by atoms with Crippen molar-refractivity contribution in [1.82, 2.24) is 4.98 Å². The van der Waals surface area contributed by atoms with Gasteiger partial charge in [0.1, 0.15) is 41.0 Å². The summed E-state index contributed by atoms with van der Waals surface area (Å²) in [6.45, 7) is 0. The molecule has 2 aliphatic rings. The van der Waals surface area contributed by atoms with Crippen molar-refractivity contribution >= 4 is 5.97 Å². The van der Waals surface area contributed by atoms with Crippen LogP contribution in [0.25, 0.3) is 0 Å². The second kappa shape index (κ2) is 4.46. The van der Waals surface area contributed by atoms with E-state index >= 15 is 0 Å². The van der Waals surface area contributed by atoms with Crippen LogP contribution in [0.2, 0.25) is 0 Å². The average molecular weight is 294 g/mol. The van der Waals surface area contributed by atoms with Gasteiger partial charge in [-0.1, -0.05) is 0 Å². The summed E-state index contributed by atoms with van der Waals surface area (Å²) in [6, 6.07) is 10.5. The van der Waals surface area contributed by atoms with Crippen LogP contribution in [0.15, 0.2) is 36.5 Å². The molecule has 1 aliphatic carbocycles. The van der Waals surface area contributed by atoms with Crippen molar-refractivity contribution in [2.24, 2.45) is 5.92 Å². The number of carboxylic acids is 1. The maximum absolute atomic E-state index is 11.1. The van der Waals surface area contributed by atoms with E-state index in [4.69, 9.17) is 19.8 Å². The van der Waals surface area contributed by atoms with E-state index in [1.165, 1.54) is 6.20 Å². The van der Waals surface area contributed by atoms with Crippen molar-refractivity contribution in [3.8, 4) is 23.3 Å². The Labute approximate surface area is 125 Å². The maximum Gasteiger partial charge on any atom is 0.311 e. The van der Waals surface area contributed by atoms with E-state index < -0.39 is 11.9 Å². The summed E-state index contributed by atoms with van der Waals surface area (Å²) in [5, 5.41) is 17.9. The van der Waals surface area contributed by atoms with Gasteiger partial charge < -0.3 is 14.6 Å². The number of hydrogen-bond donors (Lipinski definition) is 1. The van der Waals surface area contributed by atoms with Crippen molar-refractivity contribution in [1.29, 1.82) is 5.26 Å². The summed E-state index contributed by atoms with van der Waals surface area (Å²) in [5.74, 6) is 0.408. The molecule has 3 atom stereocenters. The number of carboxylic acid groups (broad SMARTS) is 1. The highest BCUT2D eigenvalue weighted by Gasteiger charge is 2.63. The smallest absolute Gasteiger partial charge is 0.311 e. The van der Waals surface area contributed by atoms with Crippen molar-refractivity contribution in [3.05, 3.63) is 47.8 Å². The molecular formula is C16H10N2O4. The second-order valence-electron chi connectivity index (χ2n) is 5.26. The number of benzene rings is 1. The minimum absolute atomic E-state index is 0.0943. The summed E-state index contributed by atoms with van der Waals surface area (Å²) < 4.78 is 11.3. The number of nitrogens with zero attached hydrogens (tertiary/aromatic N) is 2. The number of ether oxygens (including phenoxy) is 2. The number of carbonyl (C=O) groups is 1. The van der Waals surface area contributed by atoms with Crippen LogP contribution in [0, 0.1) is 17.2 Å². The van der Waals surface area contributed by atoms with E-state index in [0.717, 1.165) is 5.56 Å². The Morgan fingerprint density at radius 1 is 1.32 bits per heavy atom. The minimum Gasteiger partial charge on any atom is -0.489 e. The Bertz CT molecular complexity index is 827. The van der Waals surface area contributed by atoms with Crippen molar-refractivity contribution < 1.29 is 19.4 Å². The van der Waals surface area contributed by atoms with Crippen LogP contribution in [-0.4, -0.2) is 22.2 Å². The average Bonchev–Trinajstić information content (AvgIpc) is 3.12. The molecular weight excluding hydrogens is 284 g/mol. The standard InChI is InChI=1S/C16H10N2O4/c17-7-8-5-10(3-4-18-8)21-9-1-2-12-11(6-9)13-14(16(19)20)15(13)22-12/h1-6,13-15H,(H,19,20). The number of nitriles is 1. The SMILES string of the molecule is N#Cc1cc(Oc2ccc3c(c2)C2C(O3)C2C(=O)O)ccn1. The zero-order chi connectivity index (χ0) is 15.3. The van der Waals surface area contributed by atoms with Gasteiger partial charge in [-0.05, 0) is 24.3 Å². The molecule has 4 rings (SSSR count). The Kier molecular flexibility index (Phi) is 2.57. The zero-order valence-corrected chi connectivity index (χ0v) is 11.3. The van der Waals surface area contributed by atoms with E-state index in [1.807, 2.05) is 6.07 Å². The van der Waals surface area contributed by atoms with E-state index in [2.05, 4.69) is 4.98 Å². The summed E-state index contributed by atoms with van der Waals surface area (Å²) in [5.41, 5.74) is 1.14. The first-order valence-electron chi connectivity index (χ1n) is 6.75. The van der Waals surface area contributed by atoms with E-state index in [1.54, 1.807) is 30.3 Å². The third kappa shape index (κ3) is 1.87. The van der Waals surface area contributed by atoms with Crippen LogP contribution in [-0.2, 0) is 4.79 Å². The first kappa shape index (κ1) is 12.7. The van der Waals surface area contributed by atoms with Gasteiger partial charge in [-0.2, -0.15) is 5.26 Å². The molecule has 1 N–H and O–H groups in total. The molecule has 0 radical (unpaired) electrons. The predicted octanol–water partition coefficient (Wildman–Crippen LogP) is 2.30. The van der Waals surface area contributed by atoms with E-state index in [9.17, 15) is 4.79 Å². The fraction of sp³-hybridized carbons (Fsp3) is 0.188. The summed E-state index contributed by atoms with van der Waals surface area (Å²) in [6.07, 6.45) is 1.25. The fourth-order valence-electron chi connectivity index (χ4n) is 2.87. The highest BCUT2D eigenvalue weighted by Crippen LogP contribution is 2.58. The maximum atomic E-state index is 11.1. The largest absolute Gasteiger partial charge is 0.489 e. The minimum atomic E-state index is -0.834. The monoisotopic (exact) mass is 294 g/mol. The Hall–Kier alpha value is -3.07. The summed E-state index contributed by atoms with van der Waals surface area (Å²) in [7, 11) is 0. The predicted molar refractivity (Wildman–Crippen MR) is 73.8 cm³/mol. The molecule has 1 aromatic carbocycles. The molecule has 6 heteroatoms. The molecule has 0 saturated heterocycles. The molecule has 3 unspecified atom stereocenters. The van der Waals surface area contributed by atoms with Crippen LogP contribution in [0.1, 0.15) is 17.2 Å². The Morgan fingerprint density at radius 2 is 2.14 bits per heavy atom. The lowest BCUT2D eigenvalue weighted by atomic mass is 10.1. The number of hydrogen-bond acceptors (Lipinski definition) is 5. The molecule has 0 amide bonds. The number of rotatable bonds is 3. The fourth-order valence-corrected chi connectivity index (χ4v) is 2.87. The van der Waals surface area contributed by atoms with Gasteiger partial charge in [0, 0.05) is 23.7 Å². The normalized spacial score (nSPS) is 23.7. The van der Waals surface area contributed by atoms with Gasteiger partial charge in [-0.25, -0.2) is 4.98 Å². The van der Waals surface area contributed by atoms with Crippen LogP contribution in [0.5, 0.6) is 17.2 Å². The highest BCUT2D eigenvalue weighted by molar-refractivity contribution is 5.79. The van der Waals surface area contributed by atoms with Gasteiger partial charge in [-0.3, -0.25) is 4.79 Å². The van der Waals surface area contributed by atoms with Gasteiger partial charge in [-0.15, -0.1) is 0 Å². The highest BCUT2D eigenvalue weighted by atomic mass is 16.5. The first-order valence-corrected chi connectivity index (χ1v) is 6.75. The summed E-state index contributed by atoms with van der Waals surface area (Å²) in [4.78, 5) is 15.0. The molecule has 1 aromatic heterocycles. The quantitative estimate of drug-likeness (QED) is 0.933. The molecule has 0 spiro atoms. The molecule has 108 valence electrons. The third-order valence-electron chi connectivity index (χ3n) is 3.92. The molecule has 1 saturated carbocycles. The van der Waals surface area contributed by atoms with Gasteiger partial charge in [0.25, 0.3) is 0 Å². The van der Waals surface area contributed by atoms with Crippen molar-refractivity contribution in [2.75, 3.05) is 0 Å². The van der Waals surface area contributed by atoms with Crippen molar-refractivity contribution in [3.63, 3.8) is 0 Å². The Morgan fingerprint density at radius 3 is 2.91 bits per heavy atom. The molecule has 1 fully saturated rings. The molecule has 22 heavy (non-hydrogen) atoms. The number of aromatic nitrogens is 1. The molecule has 2 heterocycles. The molecule has 2 aromatic rings. The van der Waals surface area contributed by atoms with Crippen LogP contribution < -0.4 is 9.47 Å². The van der Waals surface area contributed by atoms with Crippen LogP contribution >= 0.6 is 0 Å². The lowest BCUT2D eigenvalue weighted by Crippen LogP contribution is -2.08. The lowest BCUT2D eigenvalue weighted by molar-refractivity contribution is -0.139. The molecule has 6 nitrogen and oxygen atoms in total. The number of aliphatic carboxylic acids is 1. The van der Waals surface area contributed by atoms with Gasteiger partial charge in [0.05, 0.1) is 0 Å². The molecule has 1 aliphatic heterocycles. The number of pyridine rings is 1. The zero-order valence-electron chi connectivity index (χ0n) is 11.3. The third-order valence-corrected chi connectivity index (χ3v) is 3.92. The Balaban J connectivity index is 1.60. The molecule has 0 bridgehead atoms. The van der Waals surface area contributed by atoms with Gasteiger partial charge >= 0.3 is 5.97 Å². The van der Waals surface area contributed by atoms with Crippen molar-refractivity contribution in [2.45, 2.75) is 12.0 Å². The van der Waals surface area contributed by atoms with Gasteiger partial charge in [0.2, 0.25) is 0 Å². The van der Waals surface area contributed by atoms with Gasteiger partial charge in [0.15, 0.2) is 0 Å². The van der Waals surface area contributed by atoms with E-state index in [-0.39, 0.29) is 17.7 Å². The van der Waals surface area contributed by atoms with E-state index in [0.29, 0.717) is 17.2 Å². The summed E-state index contributed by atoms with van der Waals surface area (Å²) >= 11 is 0. The first-order chi connectivity index (χ1) is 10.7. The van der Waals surface area contributed by atoms with Crippen LogP contribution in [0.3, 0.4) is 0 Å². The second-order valence-corrected chi connectivity index (χ2v) is 5.26. The number of fused-ring (bicyclic) bond motifs is 3. The topological polar surface area (TPSA) is 92.4 Å². The lowest BCUT2D eigenvalue weighted by Gasteiger charge is -2.09.